The highest BCUT2D eigenvalue weighted by Gasteiger charge is 2.39. The maximum absolute atomic E-state index is 13.6. The van der Waals surface area contributed by atoms with Gasteiger partial charge in [-0.1, -0.05) is 74.5 Å². The predicted octanol–water partition coefficient (Wildman–Crippen LogP) is 3.43. The maximum atomic E-state index is 13.6. The number of hydrogen-bond donors (Lipinski definition) is 1. The molecule has 1 saturated carbocycles. The van der Waals surface area contributed by atoms with Crippen LogP contribution < -0.4 is 5.32 Å². The smallest absolute Gasteiger partial charge is 0.245 e. The van der Waals surface area contributed by atoms with E-state index in [4.69, 9.17) is 0 Å². The van der Waals surface area contributed by atoms with Gasteiger partial charge >= 0.3 is 0 Å². The Balaban J connectivity index is 1.49. The van der Waals surface area contributed by atoms with Crippen LogP contribution in [0.2, 0.25) is 0 Å². The predicted molar refractivity (Wildman–Crippen MR) is 132 cm³/mol. The lowest BCUT2D eigenvalue weighted by Crippen LogP contribution is -2.60. The van der Waals surface area contributed by atoms with E-state index in [0.717, 1.165) is 24.0 Å². The molecule has 0 radical (unpaired) electrons. The van der Waals surface area contributed by atoms with E-state index in [1.807, 2.05) is 91.2 Å². The summed E-state index contributed by atoms with van der Waals surface area (Å²) in [5, 5.41) is 3.08. The minimum Gasteiger partial charge on any atom is -0.343 e. The third kappa shape index (κ3) is 5.32. The first-order valence-corrected chi connectivity index (χ1v) is 12.4. The number of amides is 3. The third-order valence-electron chi connectivity index (χ3n) is 6.91. The van der Waals surface area contributed by atoms with Crippen LogP contribution >= 0.6 is 0 Å². The molecule has 2 fully saturated rings. The molecule has 0 spiro atoms. The van der Waals surface area contributed by atoms with E-state index in [1.165, 1.54) is 0 Å². The zero-order valence-electron chi connectivity index (χ0n) is 20.3. The molecule has 6 nitrogen and oxygen atoms in total. The van der Waals surface area contributed by atoms with Crippen molar-refractivity contribution < 1.29 is 14.4 Å². The van der Waals surface area contributed by atoms with Crippen molar-refractivity contribution in [2.45, 2.75) is 51.6 Å². The average molecular weight is 462 g/mol. The van der Waals surface area contributed by atoms with E-state index in [9.17, 15) is 14.4 Å². The lowest BCUT2D eigenvalue weighted by molar-refractivity contribution is -0.145. The Morgan fingerprint density at radius 2 is 1.44 bits per heavy atom. The topological polar surface area (TPSA) is 69.7 Å². The maximum Gasteiger partial charge on any atom is 0.245 e. The fraction of sp³-hybridized carbons (Fsp3) is 0.464. The number of benzene rings is 2. The number of rotatable bonds is 7. The van der Waals surface area contributed by atoms with E-state index < -0.39 is 12.0 Å². The number of hydrogen-bond acceptors (Lipinski definition) is 3. The second kappa shape index (κ2) is 10.4. The van der Waals surface area contributed by atoms with Gasteiger partial charge in [0.2, 0.25) is 17.7 Å². The molecular formula is C28H35N3O3. The van der Waals surface area contributed by atoms with Gasteiger partial charge in [0.05, 0.1) is 5.92 Å². The molecule has 0 aromatic heterocycles. The summed E-state index contributed by atoms with van der Waals surface area (Å²) in [4.78, 5) is 43.4. The highest BCUT2D eigenvalue weighted by molar-refractivity contribution is 5.92. The average Bonchev–Trinajstić information content (AvgIpc) is 3.69. The summed E-state index contributed by atoms with van der Waals surface area (Å²) in [6.45, 7) is 7.47. The first-order chi connectivity index (χ1) is 16.4. The van der Waals surface area contributed by atoms with E-state index in [-0.39, 0.29) is 35.6 Å². The molecule has 1 heterocycles. The summed E-state index contributed by atoms with van der Waals surface area (Å²) in [6.07, 6.45) is 1.96. The number of carbonyl (C=O) groups is 3. The molecule has 1 aliphatic carbocycles. The molecule has 0 bridgehead atoms. The second-order valence-corrected chi connectivity index (χ2v) is 9.92. The lowest BCUT2D eigenvalue weighted by Gasteiger charge is -2.41. The van der Waals surface area contributed by atoms with Crippen molar-refractivity contribution in [1.82, 2.24) is 15.1 Å². The minimum absolute atomic E-state index is 0.0179. The largest absolute Gasteiger partial charge is 0.343 e. The molecule has 2 atom stereocenters. The summed E-state index contributed by atoms with van der Waals surface area (Å²) < 4.78 is 0. The summed E-state index contributed by atoms with van der Waals surface area (Å²) in [5.41, 5.74) is 1.78. The van der Waals surface area contributed by atoms with Gasteiger partial charge in [0.25, 0.3) is 0 Å². The Hall–Kier alpha value is -3.15. The summed E-state index contributed by atoms with van der Waals surface area (Å²) in [7, 11) is 0. The Morgan fingerprint density at radius 1 is 0.882 bits per heavy atom. The van der Waals surface area contributed by atoms with Crippen LogP contribution in [-0.4, -0.2) is 59.2 Å². The number of carbonyl (C=O) groups excluding carboxylic acids is 3. The van der Waals surface area contributed by atoms with Crippen LogP contribution in [0.3, 0.4) is 0 Å². The number of nitrogens with zero attached hydrogens (tertiary/aromatic N) is 2. The van der Waals surface area contributed by atoms with Gasteiger partial charge in [-0.2, -0.15) is 0 Å². The molecule has 3 amide bonds. The minimum atomic E-state index is -0.625. The lowest BCUT2D eigenvalue weighted by atomic mass is 9.89. The van der Waals surface area contributed by atoms with Gasteiger partial charge in [0.1, 0.15) is 6.04 Å². The van der Waals surface area contributed by atoms with Crippen molar-refractivity contribution in [3.05, 3.63) is 71.8 Å². The van der Waals surface area contributed by atoms with Gasteiger partial charge in [0.15, 0.2) is 0 Å². The SMILES string of the molecule is CC(C)C(NC(=O)C(c1ccccc1)c1ccccc1)C(=O)N1CCN(C(=O)C2CC2)C(C)C1. The van der Waals surface area contributed by atoms with Gasteiger partial charge < -0.3 is 15.1 Å². The van der Waals surface area contributed by atoms with Crippen molar-refractivity contribution >= 4 is 17.7 Å². The van der Waals surface area contributed by atoms with Crippen molar-refractivity contribution in [1.29, 1.82) is 0 Å². The van der Waals surface area contributed by atoms with Crippen molar-refractivity contribution in [3.8, 4) is 0 Å². The Kier molecular flexibility index (Phi) is 7.35. The monoisotopic (exact) mass is 461 g/mol. The highest BCUT2D eigenvalue weighted by atomic mass is 16.2. The summed E-state index contributed by atoms with van der Waals surface area (Å²) in [5.74, 6) is -0.413. The van der Waals surface area contributed by atoms with Crippen LogP contribution in [0.25, 0.3) is 0 Å². The molecular weight excluding hydrogens is 426 g/mol. The second-order valence-electron chi connectivity index (χ2n) is 9.92. The van der Waals surface area contributed by atoms with Crippen molar-refractivity contribution in [2.24, 2.45) is 11.8 Å². The van der Waals surface area contributed by atoms with Crippen LogP contribution in [0.1, 0.15) is 50.7 Å². The molecule has 1 aliphatic heterocycles. The molecule has 6 heteroatoms. The van der Waals surface area contributed by atoms with Crippen LogP contribution in [0, 0.1) is 11.8 Å². The molecule has 2 aromatic carbocycles. The summed E-state index contributed by atoms with van der Waals surface area (Å²) in [6, 6.07) is 18.7. The van der Waals surface area contributed by atoms with E-state index in [0.29, 0.717) is 19.6 Å². The standard InChI is InChI=1S/C28H35N3O3/c1-19(2)25(28(34)30-16-17-31(20(3)18-30)27(33)23-14-15-23)29-26(32)24(21-10-6-4-7-11-21)22-12-8-5-9-13-22/h4-13,19-20,23-25H,14-18H2,1-3H3,(H,29,32). The first-order valence-electron chi connectivity index (χ1n) is 12.4. The quantitative estimate of drug-likeness (QED) is 0.687. The fourth-order valence-corrected chi connectivity index (χ4v) is 4.78. The molecule has 4 rings (SSSR count). The first kappa shape index (κ1) is 24.0. The van der Waals surface area contributed by atoms with Crippen molar-refractivity contribution in [2.75, 3.05) is 19.6 Å². The van der Waals surface area contributed by atoms with Gasteiger partial charge in [-0.15, -0.1) is 0 Å². The molecule has 2 aromatic rings. The number of nitrogens with one attached hydrogen (secondary N) is 1. The number of piperazine rings is 1. The van der Waals surface area contributed by atoms with Crippen LogP contribution in [0.15, 0.2) is 60.7 Å². The molecule has 1 saturated heterocycles. The molecule has 1 N–H and O–H groups in total. The van der Waals surface area contributed by atoms with Crippen LogP contribution in [0.4, 0.5) is 0 Å². The highest BCUT2D eigenvalue weighted by Crippen LogP contribution is 2.32. The molecule has 2 aliphatic rings. The van der Waals surface area contributed by atoms with Crippen LogP contribution in [-0.2, 0) is 14.4 Å². The normalized spacial score (nSPS) is 19.3. The van der Waals surface area contributed by atoms with Gasteiger partial charge in [-0.25, -0.2) is 0 Å². The Morgan fingerprint density at radius 3 is 1.91 bits per heavy atom. The molecule has 2 unspecified atom stereocenters. The Labute approximate surface area is 202 Å². The molecule has 180 valence electrons. The van der Waals surface area contributed by atoms with E-state index in [2.05, 4.69) is 5.32 Å². The summed E-state index contributed by atoms with van der Waals surface area (Å²) >= 11 is 0. The van der Waals surface area contributed by atoms with Crippen molar-refractivity contribution in [3.63, 3.8) is 0 Å². The van der Waals surface area contributed by atoms with Gasteiger partial charge in [-0.3, -0.25) is 14.4 Å². The zero-order chi connectivity index (χ0) is 24.2. The van der Waals surface area contributed by atoms with Gasteiger partial charge in [0, 0.05) is 31.6 Å². The van der Waals surface area contributed by atoms with Gasteiger partial charge in [-0.05, 0) is 36.8 Å². The zero-order valence-corrected chi connectivity index (χ0v) is 20.3. The van der Waals surface area contributed by atoms with Crippen LogP contribution in [0.5, 0.6) is 0 Å². The van der Waals surface area contributed by atoms with E-state index in [1.54, 1.807) is 0 Å². The van der Waals surface area contributed by atoms with E-state index >= 15 is 0 Å². The Bertz CT molecular complexity index is 965. The fourth-order valence-electron chi connectivity index (χ4n) is 4.78. The molecule has 34 heavy (non-hydrogen) atoms. The third-order valence-corrected chi connectivity index (χ3v) is 6.91.